The number of rotatable bonds is 6. The lowest BCUT2D eigenvalue weighted by Gasteiger charge is -2.42. The summed E-state index contributed by atoms with van der Waals surface area (Å²) in [5.74, 6) is 0. The molecule has 126 valence electrons. The Hall–Kier alpha value is -0.0800. The van der Waals surface area contributed by atoms with E-state index >= 15 is 0 Å². The normalized spacial score (nSPS) is 21.7. The molecule has 1 saturated carbocycles. The average molecular weight is 297 g/mol. The lowest BCUT2D eigenvalue weighted by Crippen LogP contribution is -2.52. The molecule has 0 unspecified atom stereocenters. The fourth-order valence-corrected chi connectivity index (χ4v) is 3.85. The van der Waals surface area contributed by atoms with Crippen LogP contribution in [0.1, 0.15) is 96.8 Å². The summed E-state index contributed by atoms with van der Waals surface area (Å²) >= 11 is 0. The van der Waals surface area contributed by atoms with Crippen LogP contribution in [0, 0.1) is 0 Å². The minimum absolute atomic E-state index is 0.285. The van der Waals surface area contributed by atoms with Gasteiger partial charge in [-0.15, -0.1) is 0 Å². The smallest absolute Gasteiger partial charge is 0.0328 e. The first kappa shape index (κ1) is 19.0. The van der Waals surface area contributed by atoms with Crippen molar-refractivity contribution in [2.24, 2.45) is 5.73 Å². The van der Waals surface area contributed by atoms with E-state index in [9.17, 15) is 0 Å². The number of likely N-dealkylation sites (N-methyl/N-ethyl adjacent to an activating group) is 1. The van der Waals surface area contributed by atoms with Crippen molar-refractivity contribution in [2.45, 2.75) is 102 Å². The van der Waals surface area contributed by atoms with Crippen molar-refractivity contribution in [2.75, 3.05) is 20.1 Å². The molecule has 0 aromatic carbocycles. The van der Waals surface area contributed by atoms with Gasteiger partial charge in [0, 0.05) is 12.1 Å². The van der Waals surface area contributed by atoms with Gasteiger partial charge in [0.15, 0.2) is 0 Å². The maximum Gasteiger partial charge on any atom is 0.0328 e. The molecule has 1 aliphatic carbocycles. The molecule has 0 aromatic rings. The van der Waals surface area contributed by atoms with Crippen LogP contribution in [0.2, 0.25) is 0 Å². The second-order valence-corrected chi connectivity index (χ2v) is 7.24. The summed E-state index contributed by atoms with van der Waals surface area (Å²) in [4.78, 5) is 2.62. The zero-order valence-electron chi connectivity index (χ0n) is 14.8. The molecule has 1 fully saturated rings. The van der Waals surface area contributed by atoms with Crippen molar-refractivity contribution in [1.29, 1.82) is 0 Å². The van der Waals surface area contributed by atoms with Crippen molar-refractivity contribution in [3.05, 3.63) is 0 Å². The van der Waals surface area contributed by atoms with Gasteiger partial charge in [0.1, 0.15) is 0 Å². The molecule has 0 aromatic heterocycles. The molecule has 0 spiro atoms. The zero-order valence-corrected chi connectivity index (χ0v) is 14.8. The maximum atomic E-state index is 6.28. The Balaban J connectivity index is 2.56. The van der Waals surface area contributed by atoms with Crippen LogP contribution in [0.15, 0.2) is 0 Å². The van der Waals surface area contributed by atoms with Gasteiger partial charge < -0.3 is 5.73 Å². The second-order valence-electron chi connectivity index (χ2n) is 7.24. The van der Waals surface area contributed by atoms with Crippen molar-refractivity contribution in [3.8, 4) is 0 Å². The fraction of sp³-hybridized carbons (Fsp3) is 1.00. The molecule has 2 heteroatoms. The third-order valence-electron chi connectivity index (χ3n) is 5.57. The van der Waals surface area contributed by atoms with Crippen LogP contribution < -0.4 is 5.73 Å². The Kier molecular flexibility index (Phi) is 10.4. The molecule has 0 aliphatic heterocycles. The summed E-state index contributed by atoms with van der Waals surface area (Å²) in [5, 5.41) is 0. The minimum Gasteiger partial charge on any atom is -0.329 e. The van der Waals surface area contributed by atoms with Crippen LogP contribution >= 0.6 is 0 Å². The van der Waals surface area contributed by atoms with E-state index < -0.39 is 0 Å². The number of hydrogen-bond acceptors (Lipinski definition) is 2. The van der Waals surface area contributed by atoms with E-state index in [4.69, 9.17) is 5.73 Å². The van der Waals surface area contributed by atoms with Crippen LogP contribution in [0.25, 0.3) is 0 Å². The molecule has 2 N–H and O–H groups in total. The lowest BCUT2D eigenvalue weighted by molar-refractivity contribution is 0.0959. The van der Waals surface area contributed by atoms with E-state index in [-0.39, 0.29) is 5.54 Å². The summed E-state index contributed by atoms with van der Waals surface area (Å²) < 4.78 is 0. The Bertz CT molecular complexity index is 228. The van der Waals surface area contributed by atoms with Gasteiger partial charge in [0.2, 0.25) is 0 Å². The van der Waals surface area contributed by atoms with Crippen molar-refractivity contribution in [1.82, 2.24) is 4.90 Å². The van der Waals surface area contributed by atoms with Gasteiger partial charge >= 0.3 is 0 Å². The third-order valence-corrected chi connectivity index (χ3v) is 5.57. The standard InChI is InChI=1S/C19H40N2/c1-3-4-14-17-21(2)19(18-20)15-12-10-8-6-5-7-9-11-13-16-19/h3-18,20H2,1-2H3. The lowest BCUT2D eigenvalue weighted by atomic mass is 9.84. The first-order chi connectivity index (χ1) is 10.2. The number of hydrogen-bond donors (Lipinski definition) is 1. The van der Waals surface area contributed by atoms with E-state index in [1.54, 1.807) is 0 Å². The molecular weight excluding hydrogens is 256 g/mol. The largest absolute Gasteiger partial charge is 0.329 e. The van der Waals surface area contributed by atoms with Crippen LogP contribution in [0.4, 0.5) is 0 Å². The van der Waals surface area contributed by atoms with E-state index in [2.05, 4.69) is 18.9 Å². The van der Waals surface area contributed by atoms with Crippen LogP contribution in [-0.4, -0.2) is 30.6 Å². The van der Waals surface area contributed by atoms with E-state index in [0.717, 1.165) is 6.54 Å². The minimum atomic E-state index is 0.285. The van der Waals surface area contributed by atoms with Crippen molar-refractivity contribution < 1.29 is 0 Å². The van der Waals surface area contributed by atoms with Gasteiger partial charge in [-0.2, -0.15) is 0 Å². The SMILES string of the molecule is CCCCCN(C)C1(CN)CCCCCCCCCCC1. The topological polar surface area (TPSA) is 29.3 Å². The summed E-state index contributed by atoms with van der Waals surface area (Å²) in [6.45, 7) is 4.36. The van der Waals surface area contributed by atoms with Crippen LogP contribution in [-0.2, 0) is 0 Å². The highest BCUT2D eigenvalue weighted by Gasteiger charge is 2.31. The first-order valence-electron chi connectivity index (χ1n) is 9.66. The molecule has 0 bridgehead atoms. The molecule has 21 heavy (non-hydrogen) atoms. The molecule has 0 saturated heterocycles. The van der Waals surface area contributed by atoms with Gasteiger partial charge in [-0.1, -0.05) is 77.6 Å². The Morgan fingerprint density at radius 1 is 0.810 bits per heavy atom. The second kappa shape index (κ2) is 11.5. The monoisotopic (exact) mass is 296 g/mol. The number of nitrogens with zero attached hydrogens (tertiary/aromatic N) is 1. The highest BCUT2D eigenvalue weighted by Crippen LogP contribution is 2.29. The van der Waals surface area contributed by atoms with Crippen LogP contribution in [0.3, 0.4) is 0 Å². The molecule has 2 nitrogen and oxygen atoms in total. The molecule has 0 heterocycles. The van der Waals surface area contributed by atoms with Crippen molar-refractivity contribution in [3.63, 3.8) is 0 Å². The van der Waals surface area contributed by atoms with Gasteiger partial charge in [-0.3, -0.25) is 4.90 Å². The predicted octanol–water partition coefficient (Wildman–Crippen LogP) is 5.11. The third kappa shape index (κ3) is 7.15. The van der Waals surface area contributed by atoms with Crippen LogP contribution in [0.5, 0.6) is 0 Å². The highest BCUT2D eigenvalue weighted by atomic mass is 15.2. The quantitative estimate of drug-likeness (QED) is 0.690. The Morgan fingerprint density at radius 2 is 1.29 bits per heavy atom. The average Bonchev–Trinajstić information content (AvgIpc) is 2.48. The van der Waals surface area contributed by atoms with Gasteiger partial charge in [0.25, 0.3) is 0 Å². The first-order valence-corrected chi connectivity index (χ1v) is 9.66. The Labute approximate surface area is 133 Å². The van der Waals surface area contributed by atoms with E-state index in [0.29, 0.717) is 0 Å². The van der Waals surface area contributed by atoms with E-state index in [1.807, 2.05) is 0 Å². The molecule has 1 aliphatic rings. The predicted molar refractivity (Wildman–Crippen MR) is 94.7 cm³/mol. The zero-order chi connectivity index (χ0) is 15.4. The van der Waals surface area contributed by atoms with Gasteiger partial charge in [-0.25, -0.2) is 0 Å². The summed E-state index contributed by atoms with van der Waals surface area (Å²) in [6, 6.07) is 0. The van der Waals surface area contributed by atoms with Gasteiger partial charge in [-0.05, 0) is 32.9 Å². The molecule has 0 amide bonds. The number of nitrogens with two attached hydrogens (primary N) is 1. The summed E-state index contributed by atoms with van der Waals surface area (Å²) in [7, 11) is 2.33. The molecule has 0 atom stereocenters. The molecular formula is C19H40N2. The molecule has 0 radical (unpaired) electrons. The van der Waals surface area contributed by atoms with Gasteiger partial charge in [0.05, 0.1) is 0 Å². The van der Waals surface area contributed by atoms with E-state index in [1.165, 1.54) is 96.4 Å². The van der Waals surface area contributed by atoms with Crippen molar-refractivity contribution >= 4 is 0 Å². The summed E-state index contributed by atoms with van der Waals surface area (Å²) in [5.41, 5.74) is 6.57. The molecule has 1 rings (SSSR count). The maximum absolute atomic E-state index is 6.28. The fourth-order valence-electron chi connectivity index (χ4n) is 3.85. The summed E-state index contributed by atoms with van der Waals surface area (Å²) in [6.07, 6.45) is 19.4. The Morgan fingerprint density at radius 3 is 1.71 bits per heavy atom. The number of unbranched alkanes of at least 4 members (excludes halogenated alkanes) is 2. The highest BCUT2D eigenvalue weighted by molar-refractivity contribution is 4.90.